The molecule has 1 N–H and O–H groups in total. The maximum atomic E-state index is 5.42. The Labute approximate surface area is 95.6 Å². The second-order valence-electron chi connectivity index (χ2n) is 4.69. The van der Waals surface area contributed by atoms with E-state index >= 15 is 0 Å². The van der Waals surface area contributed by atoms with Crippen LogP contribution in [0.1, 0.15) is 31.5 Å². The summed E-state index contributed by atoms with van der Waals surface area (Å²) in [6, 6.07) is 0.285. The van der Waals surface area contributed by atoms with Crippen molar-refractivity contribution in [3.05, 3.63) is 11.7 Å². The molecule has 0 amide bonds. The topological polar surface area (TPSA) is 60.2 Å². The van der Waals surface area contributed by atoms with Crippen molar-refractivity contribution < 1.29 is 9.26 Å². The first-order chi connectivity index (χ1) is 7.70. The van der Waals surface area contributed by atoms with Gasteiger partial charge in [0.2, 0.25) is 5.89 Å². The maximum Gasteiger partial charge on any atom is 0.233 e. The molecular formula is C11H19N3O2. The number of nitrogens with zero attached hydrogens (tertiary/aromatic N) is 2. The molecule has 0 spiro atoms. The van der Waals surface area contributed by atoms with Gasteiger partial charge in [0, 0.05) is 12.5 Å². The summed E-state index contributed by atoms with van der Waals surface area (Å²) >= 11 is 0. The predicted octanol–water partition coefficient (Wildman–Crippen LogP) is 0.970. The van der Waals surface area contributed by atoms with Gasteiger partial charge in [0.05, 0.1) is 19.1 Å². The fourth-order valence-corrected chi connectivity index (χ4v) is 1.95. The molecule has 0 aliphatic carbocycles. The number of aromatic nitrogens is 2. The lowest BCUT2D eigenvalue weighted by Gasteiger charge is -2.11. The molecule has 1 aliphatic heterocycles. The lowest BCUT2D eigenvalue weighted by molar-refractivity contribution is 0.185. The van der Waals surface area contributed by atoms with Crippen molar-refractivity contribution in [3.63, 3.8) is 0 Å². The molecule has 0 saturated carbocycles. The maximum absolute atomic E-state index is 5.42. The summed E-state index contributed by atoms with van der Waals surface area (Å²) in [6.07, 6.45) is 0.862. The molecule has 2 unspecified atom stereocenters. The number of rotatable bonds is 4. The summed E-state index contributed by atoms with van der Waals surface area (Å²) in [5.41, 5.74) is 0. The Hall–Kier alpha value is -0.940. The lowest BCUT2D eigenvalue weighted by atomic mass is 10.0. The summed E-state index contributed by atoms with van der Waals surface area (Å²) in [5.74, 6) is 2.24. The van der Waals surface area contributed by atoms with Crippen molar-refractivity contribution >= 4 is 0 Å². The molecule has 1 aliphatic rings. The SMILES string of the molecule is CNC1COCC1c1nc(CC(C)C)no1. The first kappa shape index (κ1) is 11.5. The molecule has 0 aromatic carbocycles. The molecule has 1 aromatic rings. The minimum absolute atomic E-state index is 0.193. The second-order valence-corrected chi connectivity index (χ2v) is 4.69. The van der Waals surface area contributed by atoms with E-state index in [2.05, 4.69) is 29.3 Å². The molecule has 16 heavy (non-hydrogen) atoms. The van der Waals surface area contributed by atoms with Gasteiger partial charge < -0.3 is 14.6 Å². The van der Waals surface area contributed by atoms with Crippen molar-refractivity contribution in [3.8, 4) is 0 Å². The largest absolute Gasteiger partial charge is 0.379 e. The van der Waals surface area contributed by atoms with Crippen LogP contribution in [0.15, 0.2) is 4.52 Å². The second kappa shape index (κ2) is 4.93. The molecule has 1 fully saturated rings. The molecule has 1 aromatic heterocycles. The third-order valence-corrected chi connectivity index (χ3v) is 2.84. The number of hydrogen-bond donors (Lipinski definition) is 1. The van der Waals surface area contributed by atoms with E-state index in [4.69, 9.17) is 9.26 Å². The van der Waals surface area contributed by atoms with Gasteiger partial charge in [0.15, 0.2) is 5.82 Å². The Bertz CT molecular complexity index is 338. The predicted molar refractivity (Wildman–Crippen MR) is 59.2 cm³/mol. The number of likely N-dealkylation sites (N-methyl/N-ethyl adjacent to an activating group) is 1. The zero-order chi connectivity index (χ0) is 11.5. The Morgan fingerprint density at radius 2 is 2.25 bits per heavy atom. The van der Waals surface area contributed by atoms with Gasteiger partial charge in [0.1, 0.15) is 0 Å². The summed E-state index contributed by atoms with van der Waals surface area (Å²) in [4.78, 5) is 4.43. The van der Waals surface area contributed by atoms with E-state index in [1.54, 1.807) is 0 Å². The van der Waals surface area contributed by atoms with Gasteiger partial charge in [-0.15, -0.1) is 0 Å². The van der Waals surface area contributed by atoms with Gasteiger partial charge in [-0.2, -0.15) is 4.98 Å². The Kier molecular flexibility index (Phi) is 3.56. The normalized spacial score (nSPS) is 25.5. The zero-order valence-corrected chi connectivity index (χ0v) is 10.1. The van der Waals surface area contributed by atoms with Crippen LogP contribution in [0, 0.1) is 5.92 Å². The molecule has 1 saturated heterocycles. The third-order valence-electron chi connectivity index (χ3n) is 2.84. The van der Waals surface area contributed by atoms with E-state index in [1.807, 2.05) is 7.05 Å². The number of nitrogens with one attached hydrogen (secondary N) is 1. The summed E-state index contributed by atoms with van der Waals surface area (Å²) < 4.78 is 10.7. The van der Waals surface area contributed by atoms with E-state index in [-0.39, 0.29) is 12.0 Å². The van der Waals surface area contributed by atoms with Gasteiger partial charge in [-0.3, -0.25) is 0 Å². The molecular weight excluding hydrogens is 206 g/mol. The van der Waals surface area contributed by atoms with Crippen molar-refractivity contribution in [1.29, 1.82) is 0 Å². The summed E-state index contributed by atoms with van der Waals surface area (Å²) in [7, 11) is 1.93. The molecule has 90 valence electrons. The molecule has 2 heterocycles. The van der Waals surface area contributed by atoms with Gasteiger partial charge in [0.25, 0.3) is 0 Å². The highest BCUT2D eigenvalue weighted by atomic mass is 16.5. The van der Waals surface area contributed by atoms with Crippen LogP contribution in [0.5, 0.6) is 0 Å². The van der Waals surface area contributed by atoms with Crippen LogP contribution < -0.4 is 5.32 Å². The average molecular weight is 225 g/mol. The van der Waals surface area contributed by atoms with Crippen LogP contribution in [0.25, 0.3) is 0 Å². The molecule has 2 rings (SSSR count). The van der Waals surface area contributed by atoms with E-state index in [0.717, 1.165) is 12.2 Å². The van der Waals surface area contributed by atoms with Gasteiger partial charge in [-0.25, -0.2) is 0 Å². The lowest BCUT2D eigenvalue weighted by Crippen LogP contribution is -2.31. The van der Waals surface area contributed by atoms with Crippen LogP contribution in [-0.2, 0) is 11.2 Å². The molecule has 0 bridgehead atoms. The monoisotopic (exact) mass is 225 g/mol. The zero-order valence-electron chi connectivity index (χ0n) is 10.1. The highest BCUT2D eigenvalue weighted by Gasteiger charge is 2.32. The average Bonchev–Trinajstić information content (AvgIpc) is 2.83. The molecule has 5 heteroatoms. The van der Waals surface area contributed by atoms with Gasteiger partial charge in [-0.05, 0) is 13.0 Å². The number of ether oxygens (including phenoxy) is 1. The van der Waals surface area contributed by atoms with Crippen molar-refractivity contribution in [2.45, 2.75) is 32.2 Å². The first-order valence-electron chi connectivity index (χ1n) is 5.78. The highest BCUT2D eigenvalue weighted by molar-refractivity contribution is 5.02. The van der Waals surface area contributed by atoms with Crippen molar-refractivity contribution in [2.75, 3.05) is 20.3 Å². The molecule has 0 radical (unpaired) electrons. The van der Waals surface area contributed by atoms with Gasteiger partial charge >= 0.3 is 0 Å². The van der Waals surface area contributed by atoms with Crippen LogP contribution in [0.3, 0.4) is 0 Å². The number of hydrogen-bond acceptors (Lipinski definition) is 5. The smallest absolute Gasteiger partial charge is 0.233 e. The van der Waals surface area contributed by atoms with E-state index in [0.29, 0.717) is 25.0 Å². The van der Waals surface area contributed by atoms with Gasteiger partial charge in [-0.1, -0.05) is 19.0 Å². The standard InChI is InChI=1S/C11H19N3O2/c1-7(2)4-10-13-11(16-14-10)8-5-15-6-9(8)12-3/h7-9,12H,4-6H2,1-3H3. The van der Waals surface area contributed by atoms with Crippen LogP contribution >= 0.6 is 0 Å². The summed E-state index contributed by atoms with van der Waals surface area (Å²) in [5, 5.41) is 7.21. The third kappa shape index (κ3) is 2.41. The fourth-order valence-electron chi connectivity index (χ4n) is 1.95. The van der Waals surface area contributed by atoms with Crippen LogP contribution in [-0.4, -0.2) is 36.4 Å². The Balaban J connectivity index is 2.06. The quantitative estimate of drug-likeness (QED) is 0.827. The first-order valence-corrected chi connectivity index (χ1v) is 5.78. The molecule has 2 atom stereocenters. The van der Waals surface area contributed by atoms with E-state index in [1.165, 1.54) is 0 Å². The van der Waals surface area contributed by atoms with E-state index < -0.39 is 0 Å². The van der Waals surface area contributed by atoms with Crippen molar-refractivity contribution in [1.82, 2.24) is 15.5 Å². The fraction of sp³-hybridized carbons (Fsp3) is 0.818. The van der Waals surface area contributed by atoms with Crippen LogP contribution in [0.4, 0.5) is 0 Å². The Morgan fingerprint density at radius 3 is 2.94 bits per heavy atom. The minimum Gasteiger partial charge on any atom is -0.379 e. The van der Waals surface area contributed by atoms with Crippen LogP contribution in [0.2, 0.25) is 0 Å². The van der Waals surface area contributed by atoms with Crippen molar-refractivity contribution in [2.24, 2.45) is 5.92 Å². The Morgan fingerprint density at radius 1 is 1.44 bits per heavy atom. The molecule has 5 nitrogen and oxygen atoms in total. The highest BCUT2D eigenvalue weighted by Crippen LogP contribution is 2.24. The summed E-state index contributed by atoms with van der Waals surface area (Å²) in [6.45, 7) is 5.66. The van der Waals surface area contributed by atoms with E-state index in [9.17, 15) is 0 Å². The minimum atomic E-state index is 0.193.